The van der Waals surface area contributed by atoms with Gasteiger partial charge in [0.1, 0.15) is 6.33 Å². The van der Waals surface area contributed by atoms with Gasteiger partial charge < -0.3 is 5.32 Å². The van der Waals surface area contributed by atoms with E-state index in [2.05, 4.69) is 15.3 Å². The first-order valence-corrected chi connectivity index (χ1v) is 5.90. The Labute approximate surface area is 114 Å². The largest absolute Gasteiger partial charge is 0.360 e. The van der Waals surface area contributed by atoms with Gasteiger partial charge in [-0.2, -0.15) is 0 Å². The third-order valence-electron chi connectivity index (χ3n) is 2.67. The van der Waals surface area contributed by atoms with Crippen molar-refractivity contribution in [2.45, 2.75) is 13.5 Å². The van der Waals surface area contributed by atoms with Crippen molar-refractivity contribution in [3.8, 4) is 0 Å². The van der Waals surface area contributed by atoms with Gasteiger partial charge in [-0.05, 0) is 18.1 Å². The molecule has 6 nitrogen and oxygen atoms in total. The average Bonchev–Trinajstić information content (AvgIpc) is 2.37. The third kappa shape index (κ3) is 2.97. The molecule has 1 heterocycles. The lowest BCUT2D eigenvalue weighted by Crippen LogP contribution is -2.06. The standard InChI is InChI=1S/C12H11ClN4O2/c1-8-4-2-3-5-9(8)6-14-12-10(17(18)19)11(13)15-7-16-12/h2-5,7H,6H2,1H3,(H,14,15,16). The molecule has 0 saturated heterocycles. The lowest BCUT2D eigenvalue weighted by atomic mass is 10.1. The zero-order chi connectivity index (χ0) is 13.8. The minimum Gasteiger partial charge on any atom is -0.360 e. The molecular weight excluding hydrogens is 268 g/mol. The summed E-state index contributed by atoms with van der Waals surface area (Å²) in [6.07, 6.45) is 1.19. The maximum Gasteiger partial charge on any atom is 0.348 e. The normalized spacial score (nSPS) is 10.2. The first-order valence-electron chi connectivity index (χ1n) is 5.53. The molecule has 1 N–H and O–H groups in total. The number of rotatable bonds is 4. The molecule has 0 amide bonds. The Kier molecular flexibility index (Phi) is 3.91. The molecule has 0 bridgehead atoms. The molecule has 1 aromatic carbocycles. The van der Waals surface area contributed by atoms with E-state index < -0.39 is 4.92 Å². The van der Waals surface area contributed by atoms with Gasteiger partial charge in [0, 0.05) is 6.54 Å². The molecule has 2 aromatic rings. The van der Waals surface area contributed by atoms with Crippen molar-refractivity contribution in [3.05, 3.63) is 57.0 Å². The minimum absolute atomic E-state index is 0.119. The molecule has 1 aromatic heterocycles. The highest BCUT2D eigenvalue weighted by Crippen LogP contribution is 2.28. The zero-order valence-electron chi connectivity index (χ0n) is 10.1. The van der Waals surface area contributed by atoms with E-state index in [1.54, 1.807) is 0 Å². The molecule has 0 aliphatic rings. The first kappa shape index (κ1) is 13.2. The van der Waals surface area contributed by atoms with E-state index in [4.69, 9.17) is 11.6 Å². The Morgan fingerprint density at radius 2 is 2.11 bits per heavy atom. The van der Waals surface area contributed by atoms with Gasteiger partial charge in [0.25, 0.3) is 0 Å². The molecule has 0 radical (unpaired) electrons. The van der Waals surface area contributed by atoms with Crippen LogP contribution in [0.5, 0.6) is 0 Å². The Balaban J connectivity index is 2.23. The van der Waals surface area contributed by atoms with Crippen LogP contribution < -0.4 is 5.32 Å². The number of aryl methyl sites for hydroxylation is 1. The SMILES string of the molecule is Cc1ccccc1CNc1ncnc(Cl)c1[N+](=O)[O-]. The molecular formula is C12H11ClN4O2. The minimum atomic E-state index is -0.595. The lowest BCUT2D eigenvalue weighted by molar-refractivity contribution is -0.384. The van der Waals surface area contributed by atoms with Crippen LogP contribution in [0.25, 0.3) is 0 Å². The fraction of sp³-hybridized carbons (Fsp3) is 0.167. The number of benzene rings is 1. The number of anilines is 1. The molecule has 0 spiro atoms. The zero-order valence-corrected chi connectivity index (χ0v) is 10.9. The number of nitro groups is 1. The van der Waals surface area contributed by atoms with Crippen molar-refractivity contribution in [2.75, 3.05) is 5.32 Å². The highest BCUT2D eigenvalue weighted by molar-refractivity contribution is 6.31. The van der Waals surface area contributed by atoms with Crippen LogP contribution in [0.15, 0.2) is 30.6 Å². The predicted molar refractivity (Wildman–Crippen MR) is 72.2 cm³/mol. The number of halogens is 1. The van der Waals surface area contributed by atoms with E-state index in [-0.39, 0.29) is 16.7 Å². The van der Waals surface area contributed by atoms with Crippen LogP contribution in [0.4, 0.5) is 11.5 Å². The van der Waals surface area contributed by atoms with E-state index >= 15 is 0 Å². The first-order chi connectivity index (χ1) is 9.09. The second-order valence-electron chi connectivity index (χ2n) is 3.90. The summed E-state index contributed by atoms with van der Waals surface area (Å²) in [4.78, 5) is 17.8. The van der Waals surface area contributed by atoms with Gasteiger partial charge in [-0.3, -0.25) is 10.1 Å². The van der Waals surface area contributed by atoms with Crippen molar-refractivity contribution in [1.29, 1.82) is 0 Å². The van der Waals surface area contributed by atoms with Crippen molar-refractivity contribution in [2.24, 2.45) is 0 Å². The number of nitrogens with one attached hydrogen (secondary N) is 1. The van der Waals surface area contributed by atoms with Gasteiger partial charge >= 0.3 is 5.69 Å². The highest BCUT2D eigenvalue weighted by Gasteiger charge is 2.21. The van der Waals surface area contributed by atoms with Crippen LogP contribution in [0.1, 0.15) is 11.1 Å². The molecule has 98 valence electrons. The highest BCUT2D eigenvalue weighted by atomic mass is 35.5. The quantitative estimate of drug-likeness (QED) is 0.528. The average molecular weight is 279 g/mol. The summed E-state index contributed by atoms with van der Waals surface area (Å²) >= 11 is 5.70. The molecule has 0 aliphatic heterocycles. The summed E-state index contributed by atoms with van der Waals surface area (Å²) < 4.78 is 0. The Hall–Kier alpha value is -2.21. The fourth-order valence-electron chi connectivity index (χ4n) is 1.64. The summed E-state index contributed by atoms with van der Waals surface area (Å²) in [5.41, 5.74) is 1.82. The van der Waals surface area contributed by atoms with E-state index in [1.807, 2.05) is 31.2 Å². The Morgan fingerprint density at radius 1 is 1.37 bits per heavy atom. The topological polar surface area (TPSA) is 81.0 Å². The van der Waals surface area contributed by atoms with Gasteiger partial charge in [0.2, 0.25) is 11.0 Å². The van der Waals surface area contributed by atoms with E-state index in [9.17, 15) is 10.1 Å². The van der Waals surface area contributed by atoms with Crippen LogP contribution >= 0.6 is 11.6 Å². The summed E-state index contributed by atoms with van der Waals surface area (Å²) in [6, 6.07) is 7.75. The molecule has 19 heavy (non-hydrogen) atoms. The molecule has 2 rings (SSSR count). The van der Waals surface area contributed by atoms with Crippen LogP contribution in [-0.2, 0) is 6.54 Å². The van der Waals surface area contributed by atoms with E-state index in [0.717, 1.165) is 11.1 Å². The van der Waals surface area contributed by atoms with Crippen molar-refractivity contribution in [1.82, 2.24) is 9.97 Å². The summed E-state index contributed by atoms with van der Waals surface area (Å²) in [6.45, 7) is 2.40. The molecule has 0 aliphatic carbocycles. The summed E-state index contributed by atoms with van der Waals surface area (Å²) in [7, 11) is 0. The van der Waals surface area contributed by atoms with Crippen molar-refractivity contribution in [3.63, 3.8) is 0 Å². The maximum absolute atomic E-state index is 10.9. The van der Waals surface area contributed by atoms with Crippen LogP contribution in [0.3, 0.4) is 0 Å². The van der Waals surface area contributed by atoms with E-state index in [0.29, 0.717) is 6.54 Å². The second kappa shape index (κ2) is 5.62. The monoisotopic (exact) mass is 278 g/mol. The number of hydrogen-bond acceptors (Lipinski definition) is 5. The predicted octanol–water partition coefficient (Wildman–Crippen LogP) is 2.96. The van der Waals surface area contributed by atoms with Crippen LogP contribution in [-0.4, -0.2) is 14.9 Å². The van der Waals surface area contributed by atoms with Gasteiger partial charge in [-0.15, -0.1) is 0 Å². The molecule has 7 heteroatoms. The number of nitrogens with zero attached hydrogens (tertiary/aromatic N) is 3. The number of hydrogen-bond donors (Lipinski definition) is 1. The fourth-order valence-corrected chi connectivity index (χ4v) is 1.84. The van der Waals surface area contributed by atoms with Gasteiger partial charge in [-0.25, -0.2) is 9.97 Å². The molecule has 0 saturated carbocycles. The third-order valence-corrected chi connectivity index (χ3v) is 2.94. The lowest BCUT2D eigenvalue weighted by Gasteiger charge is -2.08. The molecule has 0 fully saturated rings. The number of aromatic nitrogens is 2. The van der Waals surface area contributed by atoms with Crippen molar-refractivity contribution < 1.29 is 4.92 Å². The van der Waals surface area contributed by atoms with Crippen LogP contribution in [0, 0.1) is 17.0 Å². The summed E-state index contributed by atoms with van der Waals surface area (Å²) in [5, 5.41) is 13.7. The maximum atomic E-state index is 10.9. The van der Waals surface area contributed by atoms with Gasteiger partial charge in [-0.1, -0.05) is 35.9 Å². The molecule has 0 unspecified atom stereocenters. The van der Waals surface area contributed by atoms with E-state index in [1.165, 1.54) is 6.33 Å². The second-order valence-corrected chi connectivity index (χ2v) is 4.26. The Bertz CT molecular complexity index is 618. The van der Waals surface area contributed by atoms with Gasteiger partial charge in [0.05, 0.1) is 4.92 Å². The summed E-state index contributed by atoms with van der Waals surface area (Å²) in [5.74, 6) is 0.119. The van der Waals surface area contributed by atoms with Crippen LogP contribution in [0.2, 0.25) is 5.15 Å². The smallest absolute Gasteiger partial charge is 0.348 e. The van der Waals surface area contributed by atoms with Gasteiger partial charge in [0.15, 0.2) is 0 Å². The Morgan fingerprint density at radius 3 is 2.79 bits per heavy atom. The van der Waals surface area contributed by atoms with Crippen molar-refractivity contribution >= 4 is 23.1 Å². The molecule has 0 atom stereocenters.